The lowest BCUT2D eigenvalue weighted by atomic mass is 10.5. The fraction of sp³-hybridized carbons (Fsp3) is 0.333. The lowest BCUT2D eigenvalue weighted by molar-refractivity contribution is 0.282. The van der Waals surface area contributed by atoms with Crippen molar-refractivity contribution < 1.29 is 18.0 Å². The number of hydrogen-bond acceptors (Lipinski definition) is 7. The highest BCUT2D eigenvalue weighted by Gasteiger charge is 2.20. The molecular formula is C9H11N3O4S2. The van der Waals surface area contributed by atoms with E-state index in [1.807, 2.05) is 0 Å². The van der Waals surface area contributed by atoms with Crippen molar-refractivity contribution in [2.24, 2.45) is 0 Å². The van der Waals surface area contributed by atoms with Crippen molar-refractivity contribution in [1.29, 1.82) is 0 Å². The predicted molar refractivity (Wildman–Crippen MR) is 63.3 cm³/mol. The van der Waals surface area contributed by atoms with Gasteiger partial charge >= 0.3 is 0 Å². The lowest BCUT2D eigenvalue weighted by Crippen LogP contribution is -2.23. The Kier molecular flexibility index (Phi) is 3.76. The van der Waals surface area contributed by atoms with Crippen LogP contribution in [-0.2, 0) is 23.2 Å². The Hall–Kier alpha value is -1.29. The second-order valence-corrected chi connectivity index (χ2v) is 6.16. The van der Waals surface area contributed by atoms with E-state index in [-0.39, 0.29) is 23.9 Å². The molecule has 0 fully saturated rings. The Morgan fingerprint density at radius 3 is 2.94 bits per heavy atom. The summed E-state index contributed by atoms with van der Waals surface area (Å²) in [6.07, 6.45) is 0. The Morgan fingerprint density at radius 2 is 2.33 bits per heavy atom. The van der Waals surface area contributed by atoms with Gasteiger partial charge in [0.25, 0.3) is 0 Å². The zero-order chi connectivity index (χ0) is 13.2. The summed E-state index contributed by atoms with van der Waals surface area (Å²) in [5.74, 6) is 0.632. The molecule has 0 spiro atoms. The number of aliphatic hydroxyl groups excluding tert-OH is 1. The Bertz CT molecular complexity index is 632. The molecule has 2 aromatic heterocycles. The number of rotatable bonds is 5. The molecule has 0 bridgehead atoms. The molecule has 0 amide bonds. The topological polar surface area (TPSA) is 105 Å². The van der Waals surface area contributed by atoms with Crippen molar-refractivity contribution in [3.63, 3.8) is 0 Å². The van der Waals surface area contributed by atoms with Crippen molar-refractivity contribution in [3.05, 3.63) is 28.0 Å². The van der Waals surface area contributed by atoms with E-state index >= 15 is 0 Å². The van der Waals surface area contributed by atoms with Crippen molar-refractivity contribution >= 4 is 21.4 Å². The minimum atomic E-state index is -3.68. The van der Waals surface area contributed by atoms with Crippen molar-refractivity contribution in [2.75, 3.05) is 0 Å². The van der Waals surface area contributed by atoms with Crippen LogP contribution in [0.25, 0.3) is 0 Å². The smallest absolute Gasteiger partial charge is 0.242 e. The first-order valence-electron chi connectivity index (χ1n) is 4.99. The van der Waals surface area contributed by atoms with Crippen LogP contribution in [0.3, 0.4) is 0 Å². The minimum Gasteiger partial charge on any atom is -0.391 e. The standard InChI is InChI=1S/C9H11N3O4S2/c1-6-11-9(16-12-6)4-10-18(14,15)8-2-3-17-7(8)5-13/h2-3,10,13H,4-5H2,1H3. The van der Waals surface area contributed by atoms with Crippen molar-refractivity contribution in [1.82, 2.24) is 14.9 Å². The van der Waals surface area contributed by atoms with Gasteiger partial charge < -0.3 is 9.63 Å². The number of sulfonamides is 1. The fourth-order valence-electron chi connectivity index (χ4n) is 1.33. The predicted octanol–water partition coefficient (Wildman–Crippen LogP) is 0.410. The van der Waals surface area contributed by atoms with Crippen LogP contribution in [-0.4, -0.2) is 23.7 Å². The van der Waals surface area contributed by atoms with Crippen LogP contribution in [0.2, 0.25) is 0 Å². The molecule has 0 saturated carbocycles. The van der Waals surface area contributed by atoms with Gasteiger partial charge in [-0.05, 0) is 18.4 Å². The molecule has 2 heterocycles. The van der Waals surface area contributed by atoms with Crippen LogP contribution >= 0.6 is 11.3 Å². The summed E-state index contributed by atoms with van der Waals surface area (Å²) in [6, 6.07) is 1.44. The molecule has 0 atom stereocenters. The maximum atomic E-state index is 11.9. The van der Waals surface area contributed by atoms with Crippen LogP contribution in [0.5, 0.6) is 0 Å². The summed E-state index contributed by atoms with van der Waals surface area (Å²) in [4.78, 5) is 4.35. The highest BCUT2D eigenvalue weighted by atomic mass is 32.2. The molecule has 98 valence electrons. The highest BCUT2D eigenvalue weighted by Crippen LogP contribution is 2.21. The Labute approximate surface area is 108 Å². The van der Waals surface area contributed by atoms with Gasteiger partial charge in [0.05, 0.1) is 18.0 Å². The maximum absolute atomic E-state index is 11.9. The average molecular weight is 289 g/mol. The summed E-state index contributed by atoms with van der Waals surface area (Å²) >= 11 is 1.18. The molecular weight excluding hydrogens is 278 g/mol. The highest BCUT2D eigenvalue weighted by molar-refractivity contribution is 7.89. The first-order chi connectivity index (χ1) is 8.53. The van der Waals surface area contributed by atoms with E-state index in [0.717, 1.165) is 0 Å². The second kappa shape index (κ2) is 5.14. The molecule has 0 aromatic carbocycles. The summed E-state index contributed by atoms with van der Waals surface area (Å²) in [7, 11) is -3.68. The number of thiophene rings is 1. The van der Waals surface area contributed by atoms with Gasteiger partial charge in [-0.15, -0.1) is 11.3 Å². The number of nitrogens with zero attached hydrogens (tertiary/aromatic N) is 2. The largest absolute Gasteiger partial charge is 0.391 e. The second-order valence-electron chi connectivity index (χ2n) is 3.43. The summed E-state index contributed by atoms with van der Waals surface area (Å²) in [6.45, 7) is 1.25. The van der Waals surface area contributed by atoms with E-state index in [2.05, 4.69) is 14.9 Å². The van der Waals surface area contributed by atoms with Crippen molar-refractivity contribution in [2.45, 2.75) is 25.0 Å². The van der Waals surface area contributed by atoms with Crippen LogP contribution in [0.4, 0.5) is 0 Å². The van der Waals surface area contributed by atoms with Crippen LogP contribution < -0.4 is 4.72 Å². The molecule has 18 heavy (non-hydrogen) atoms. The minimum absolute atomic E-state index is 0.0752. The van der Waals surface area contributed by atoms with Gasteiger partial charge in [-0.3, -0.25) is 0 Å². The molecule has 0 radical (unpaired) electrons. The molecule has 0 aliphatic carbocycles. The third-order valence-electron chi connectivity index (χ3n) is 2.12. The van der Waals surface area contributed by atoms with E-state index in [9.17, 15) is 8.42 Å². The number of aromatic nitrogens is 2. The quantitative estimate of drug-likeness (QED) is 0.826. The SMILES string of the molecule is Cc1noc(CNS(=O)(=O)c2ccsc2CO)n1. The molecule has 2 aromatic rings. The van der Waals surface area contributed by atoms with Gasteiger partial charge in [0.2, 0.25) is 15.9 Å². The number of aryl methyl sites for hydroxylation is 1. The normalized spacial score (nSPS) is 11.9. The van der Waals surface area contributed by atoms with Gasteiger partial charge in [-0.25, -0.2) is 13.1 Å². The summed E-state index contributed by atoms with van der Waals surface area (Å²) in [5.41, 5.74) is 0. The Morgan fingerprint density at radius 1 is 1.56 bits per heavy atom. The molecule has 2 N–H and O–H groups in total. The van der Waals surface area contributed by atoms with Crippen LogP contribution in [0, 0.1) is 6.92 Å². The van der Waals surface area contributed by atoms with Crippen LogP contribution in [0.15, 0.2) is 20.9 Å². The van der Waals surface area contributed by atoms with Crippen LogP contribution in [0.1, 0.15) is 16.6 Å². The molecule has 7 nitrogen and oxygen atoms in total. The van der Waals surface area contributed by atoms with Gasteiger partial charge in [0, 0.05) is 4.88 Å². The van der Waals surface area contributed by atoms with Gasteiger partial charge in [0.1, 0.15) is 0 Å². The number of aliphatic hydroxyl groups is 1. The van der Waals surface area contributed by atoms with E-state index in [1.165, 1.54) is 17.4 Å². The molecule has 9 heteroatoms. The van der Waals surface area contributed by atoms with E-state index in [1.54, 1.807) is 12.3 Å². The monoisotopic (exact) mass is 289 g/mol. The average Bonchev–Trinajstić information content (AvgIpc) is 2.95. The fourth-order valence-corrected chi connectivity index (χ4v) is 3.60. The molecule has 2 rings (SSSR count). The summed E-state index contributed by atoms with van der Waals surface area (Å²) < 4.78 is 31.0. The third kappa shape index (κ3) is 2.75. The zero-order valence-corrected chi connectivity index (χ0v) is 11.1. The number of nitrogens with one attached hydrogen (secondary N) is 1. The van der Waals surface area contributed by atoms with E-state index in [4.69, 9.17) is 9.63 Å². The molecule has 0 aliphatic rings. The first-order valence-corrected chi connectivity index (χ1v) is 7.35. The molecule has 0 saturated heterocycles. The molecule has 0 aliphatic heterocycles. The summed E-state index contributed by atoms with van der Waals surface area (Å²) in [5, 5.41) is 14.2. The molecule has 0 unspecified atom stereocenters. The maximum Gasteiger partial charge on any atom is 0.242 e. The number of hydrogen-bond donors (Lipinski definition) is 2. The first kappa shape index (κ1) is 13.1. The third-order valence-corrected chi connectivity index (χ3v) is 4.64. The van der Waals surface area contributed by atoms with Gasteiger partial charge in [-0.1, -0.05) is 5.16 Å². The van der Waals surface area contributed by atoms with E-state index in [0.29, 0.717) is 10.7 Å². The Balaban J connectivity index is 2.13. The van der Waals surface area contributed by atoms with Crippen molar-refractivity contribution in [3.8, 4) is 0 Å². The van der Waals surface area contributed by atoms with E-state index < -0.39 is 10.0 Å². The van der Waals surface area contributed by atoms with Gasteiger partial charge in [0.15, 0.2) is 5.82 Å². The lowest BCUT2D eigenvalue weighted by Gasteiger charge is -2.04. The van der Waals surface area contributed by atoms with Gasteiger partial charge in [-0.2, -0.15) is 4.98 Å². The zero-order valence-electron chi connectivity index (χ0n) is 9.45.